The number of carbonyl (C=O) groups is 2. The Morgan fingerprint density at radius 3 is 2.61 bits per heavy atom. The molecule has 0 atom stereocenters. The van der Waals surface area contributed by atoms with Gasteiger partial charge in [0.2, 0.25) is 0 Å². The van der Waals surface area contributed by atoms with E-state index in [2.05, 4.69) is 4.99 Å². The van der Waals surface area contributed by atoms with E-state index in [0.29, 0.717) is 37.7 Å². The molecule has 0 unspecified atom stereocenters. The highest BCUT2D eigenvalue weighted by Crippen LogP contribution is 2.34. The highest BCUT2D eigenvalue weighted by molar-refractivity contribution is 8.18. The molecule has 0 aliphatic carbocycles. The maximum absolute atomic E-state index is 12.7. The standard InChI is InChI=1S/C25H18ClN3O6S/c1-28-23(30)22(36-25(28)27-18-8-6-17(7-9-18)24(31)32)13-15-5-10-21(20(26)12-15)35-14-16-3-2-4-19(11-16)29(33)34/h2-13H,14H2,1H3,(H,31,32)/b22-13-,27-25?. The summed E-state index contributed by atoms with van der Waals surface area (Å²) in [5.41, 5.74) is 1.97. The molecule has 182 valence electrons. The number of hydrogen-bond donors (Lipinski definition) is 1. The van der Waals surface area contributed by atoms with Crippen molar-refractivity contribution < 1.29 is 24.4 Å². The van der Waals surface area contributed by atoms with Crippen molar-refractivity contribution in [2.75, 3.05) is 7.05 Å². The number of aliphatic imine (C=N–C) groups is 1. The summed E-state index contributed by atoms with van der Waals surface area (Å²) in [5, 5.41) is 20.7. The predicted octanol–water partition coefficient (Wildman–Crippen LogP) is 5.76. The summed E-state index contributed by atoms with van der Waals surface area (Å²) in [4.78, 5) is 40.5. The quantitative estimate of drug-likeness (QED) is 0.237. The summed E-state index contributed by atoms with van der Waals surface area (Å²) < 4.78 is 5.72. The van der Waals surface area contributed by atoms with Crippen LogP contribution >= 0.6 is 23.4 Å². The maximum Gasteiger partial charge on any atom is 0.335 e. The van der Waals surface area contributed by atoms with Crippen molar-refractivity contribution in [3.8, 4) is 5.75 Å². The number of ether oxygens (including phenoxy) is 1. The van der Waals surface area contributed by atoms with Gasteiger partial charge in [0.15, 0.2) is 5.17 Å². The van der Waals surface area contributed by atoms with Crippen molar-refractivity contribution in [3.05, 3.63) is 103 Å². The van der Waals surface area contributed by atoms with E-state index in [-0.39, 0.29) is 23.8 Å². The third kappa shape index (κ3) is 5.73. The molecule has 1 N–H and O–H groups in total. The van der Waals surface area contributed by atoms with Crippen molar-refractivity contribution in [3.63, 3.8) is 0 Å². The van der Waals surface area contributed by atoms with Gasteiger partial charge in [0.05, 0.1) is 26.1 Å². The fourth-order valence-electron chi connectivity index (χ4n) is 3.24. The Hall–Kier alpha value is -4.15. The van der Waals surface area contributed by atoms with Gasteiger partial charge in [-0.25, -0.2) is 9.79 Å². The molecule has 0 saturated carbocycles. The number of benzene rings is 3. The third-order valence-electron chi connectivity index (χ3n) is 5.11. The minimum absolute atomic E-state index is 0.0203. The summed E-state index contributed by atoms with van der Waals surface area (Å²) in [6, 6.07) is 17.3. The number of carboxylic acid groups (broad SMARTS) is 1. The van der Waals surface area contributed by atoms with E-state index in [4.69, 9.17) is 21.4 Å². The van der Waals surface area contributed by atoms with Gasteiger partial charge in [-0.2, -0.15) is 0 Å². The summed E-state index contributed by atoms with van der Waals surface area (Å²) in [7, 11) is 1.61. The Labute approximate surface area is 214 Å². The van der Waals surface area contributed by atoms with Gasteiger partial charge in [-0.3, -0.25) is 19.8 Å². The molecule has 1 heterocycles. The smallest absolute Gasteiger partial charge is 0.335 e. The minimum atomic E-state index is -1.03. The van der Waals surface area contributed by atoms with Crippen LogP contribution in [0.4, 0.5) is 11.4 Å². The van der Waals surface area contributed by atoms with Gasteiger partial charge >= 0.3 is 5.97 Å². The van der Waals surface area contributed by atoms with Crippen LogP contribution in [0.25, 0.3) is 6.08 Å². The van der Waals surface area contributed by atoms with Crippen molar-refractivity contribution in [2.24, 2.45) is 4.99 Å². The zero-order chi connectivity index (χ0) is 25.8. The summed E-state index contributed by atoms with van der Waals surface area (Å²) in [6.07, 6.45) is 1.69. The van der Waals surface area contributed by atoms with E-state index in [1.165, 1.54) is 40.9 Å². The average molecular weight is 524 g/mol. The van der Waals surface area contributed by atoms with E-state index in [1.807, 2.05) is 0 Å². The molecule has 3 aromatic carbocycles. The lowest BCUT2D eigenvalue weighted by molar-refractivity contribution is -0.384. The van der Waals surface area contributed by atoms with Crippen LogP contribution in [0.2, 0.25) is 5.02 Å². The summed E-state index contributed by atoms with van der Waals surface area (Å²) >= 11 is 7.56. The lowest BCUT2D eigenvalue weighted by Gasteiger charge is -2.09. The van der Waals surface area contributed by atoms with Crippen LogP contribution in [-0.2, 0) is 11.4 Å². The Morgan fingerprint density at radius 2 is 1.94 bits per heavy atom. The number of nitrogens with zero attached hydrogens (tertiary/aromatic N) is 3. The average Bonchev–Trinajstić information content (AvgIpc) is 3.11. The number of carbonyl (C=O) groups excluding carboxylic acids is 1. The highest BCUT2D eigenvalue weighted by atomic mass is 35.5. The van der Waals surface area contributed by atoms with Crippen molar-refractivity contribution in [1.29, 1.82) is 0 Å². The maximum atomic E-state index is 12.7. The van der Waals surface area contributed by atoms with Crippen LogP contribution < -0.4 is 4.74 Å². The third-order valence-corrected chi connectivity index (χ3v) is 6.47. The topological polar surface area (TPSA) is 122 Å². The first-order valence-electron chi connectivity index (χ1n) is 10.5. The number of non-ortho nitro benzene ring substituents is 1. The number of halogens is 1. The fraction of sp³-hybridized carbons (Fsp3) is 0.0800. The van der Waals surface area contributed by atoms with Crippen LogP contribution in [0.1, 0.15) is 21.5 Å². The predicted molar refractivity (Wildman–Crippen MR) is 138 cm³/mol. The molecule has 0 spiro atoms. The number of nitro groups is 1. The number of amides is 1. The van der Waals surface area contributed by atoms with Gasteiger partial charge in [0.1, 0.15) is 12.4 Å². The van der Waals surface area contributed by atoms with E-state index < -0.39 is 10.9 Å². The molecule has 1 aliphatic rings. The number of thioether (sulfide) groups is 1. The van der Waals surface area contributed by atoms with E-state index >= 15 is 0 Å². The first-order chi connectivity index (χ1) is 17.2. The number of carboxylic acids is 1. The molecule has 1 saturated heterocycles. The molecular formula is C25H18ClN3O6S. The lowest BCUT2D eigenvalue weighted by Crippen LogP contribution is -2.23. The first kappa shape index (κ1) is 25.0. The van der Waals surface area contributed by atoms with Crippen LogP contribution in [0, 0.1) is 10.1 Å². The van der Waals surface area contributed by atoms with Gasteiger partial charge in [0, 0.05) is 19.2 Å². The number of likely N-dealkylation sites (N-methyl/N-ethyl adjacent to an activating group) is 1. The van der Waals surface area contributed by atoms with Gasteiger partial charge in [0.25, 0.3) is 11.6 Å². The zero-order valence-electron chi connectivity index (χ0n) is 18.8. The van der Waals surface area contributed by atoms with Crippen LogP contribution in [0.5, 0.6) is 5.75 Å². The van der Waals surface area contributed by atoms with Crippen LogP contribution in [-0.4, -0.2) is 39.0 Å². The minimum Gasteiger partial charge on any atom is -0.487 e. The summed E-state index contributed by atoms with van der Waals surface area (Å²) in [6.45, 7) is 0.105. The molecule has 0 bridgehead atoms. The van der Waals surface area contributed by atoms with Gasteiger partial charge < -0.3 is 9.84 Å². The Balaban J connectivity index is 1.47. The van der Waals surface area contributed by atoms with E-state index in [1.54, 1.807) is 55.6 Å². The lowest BCUT2D eigenvalue weighted by atomic mass is 10.2. The molecule has 1 amide bonds. The zero-order valence-corrected chi connectivity index (χ0v) is 20.3. The Kier molecular flexibility index (Phi) is 7.37. The number of hydrogen-bond acceptors (Lipinski definition) is 7. The van der Waals surface area contributed by atoms with Crippen LogP contribution in [0.15, 0.2) is 76.6 Å². The van der Waals surface area contributed by atoms with Gasteiger partial charge in [-0.15, -0.1) is 0 Å². The van der Waals surface area contributed by atoms with Crippen LogP contribution in [0.3, 0.4) is 0 Å². The highest BCUT2D eigenvalue weighted by Gasteiger charge is 2.30. The number of rotatable bonds is 7. The number of aromatic carboxylic acids is 1. The second kappa shape index (κ2) is 10.6. The largest absolute Gasteiger partial charge is 0.487 e. The molecular weight excluding hydrogens is 506 g/mol. The summed E-state index contributed by atoms with van der Waals surface area (Å²) in [5.74, 6) is -0.857. The molecule has 3 aromatic rings. The Bertz CT molecular complexity index is 1420. The number of amidine groups is 1. The van der Waals surface area contributed by atoms with Crippen molar-refractivity contribution in [2.45, 2.75) is 6.61 Å². The van der Waals surface area contributed by atoms with E-state index in [0.717, 1.165) is 0 Å². The molecule has 4 rings (SSSR count). The monoisotopic (exact) mass is 523 g/mol. The van der Waals surface area contributed by atoms with Crippen molar-refractivity contribution in [1.82, 2.24) is 4.90 Å². The normalized spacial score (nSPS) is 15.5. The molecule has 0 aromatic heterocycles. The molecule has 11 heteroatoms. The van der Waals surface area contributed by atoms with Crippen molar-refractivity contribution >= 4 is 57.9 Å². The van der Waals surface area contributed by atoms with E-state index in [9.17, 15) is 19.7 Å². The molecule has 1 aliphatic heterocycles. The second-order valence-electron chi connectivity index (χ2n) is 7.63. The molecule has 9 nitrogen and oxygen atoms in total. The fourth-order valence-corrected chi connectivity index (χ4v) is 4.47. The van der Waals surface area contributed by atoms with Gasteiger partial charge in [-0.1, -0.05) is 29.8 Å². The number of nitro benzene ring substituents is 1. The molecule has 36 heavy (non-hydrogen) atoms. The first-order valence-corrected chi connectivity index (χ1v) is 11.7. The molecule has 1 fully saturated rings. The van der Waals surface area contributed by atoms with Gasteiger partial charge in [-0.05, 0) is 65.4 Å². The molecule has 0 radical (unpaired) electrons. The second-order valence-corrected chi connectivity index (χ2v) is 9.04. The Morgan fingerprint density at radius 1 is 1.19 bits per heavy atom. The SMILES string of the molecule is CN1C(=O)/C(=C/c2ccc(OCc3cccc([N+](=O)[O-])c3)c(Cl)c2)SC1=Nc1ccc(C(=O)O)cc1.